The van der Waals surface area contributed by atoms with Gasteiger partial charge in [0.05, 0.1) is 19.8 Å². The largest absolute Gasteiger partial charge is 0.497 e. The van der Waals surface area contributed by atoms with Crippen molar-refractivity contribution in [1.82, 2.24) is 0 Å². The minimum Gasteiger partial charge on any atom is -0.497 e. The van der Waals surface area contributed by atoms with Crippen LogP contribution >= 0.6 is 0 Å². The van der Waals surface area contributed by atoms with E-state index in [-0.39, 0.29) is 18.2 Å². The Morgan fingerprint density at radius 3 is 2.70 bits per heavy atom. The summed E-state index contributed by atoms with van der Waals surface area (Å²) in [6.45, 7) is 9.71. The second kappa shape index (κ2) is 10.3. The van der Waals surface area contributed by atoms with E-state index in [0.717, 1.165) is 18.6 Å². The molecule has 27 heavy (non-hydrogen) atoms. The zero-order valence-electron chi connectivity index (χ0n) is 17.1. The molecular weight excluding hydrogens is 338 g/mol. The molecule has 0 spiro atoms. The first-order valence-electron chi connectivity index (χ1n) is 9.77. The van der Waals surface area contributed by atoms with Gasteiger partial charge < -0.3 is 15.2 Å². The molecule has 2 aliphatic carbocycles. The van der Waals surface area contributed by atoms with Crippen molar-refractivity contribution >= 4 is 5.78 Å². The summed E-state index contributed by atoms with van der Waals surface area (Å²) in [5.41, 5.74) is 9.55. The molecule has 4 nitrogen and oxygen atoms in total. The Morgan fingerprint density at radius 1 is 1.26 bits per heavy atom. The number of carbonyl (C=O) groups is 1. The third-order valence-electron chi connectivity index (χ3n) is 5.33. The number of ketones is 1. The molecule has 0 saturated heterocycles. The van der Waals surface area contributed by atoms with Crippen LogP contribution in [0.2, 0.25) is 0 Å². The van der Waals surface area contributed by atoms with Crippen LogP contribution in [0, 0.1) is 11.8 Å². The summed E-state index contributed by atoms with van der Waals surface area (Å²) in [7, 11) is 0. The molecule has 0 aromatic carbocycles. The van der Waals surface area contributed by atoms with Crippen molar-refractivity contribution in [2.45, 2.75) is 47.0 Å². The van der Waals surface area contributed by atoms with Gasteiger partial charge in [0.15, 0.2) is 5.78 Å². The fraction of sp³-hybridized carbons (Fsp3) is 0.522. The summed E-state index contributed by atoms with van der Waals surface area (Å²) < 4.78 is 12.0. The lowest BCUT2D eigenvalue weighted by atomic mass is 9.93. The molecule has 2 unspecified atom stereocenters. The average molecular weight is 372 g/mol. The summed E-state index contributed by atoms with van der Waals surface area (Å²) in [5, 5.41) is 0. The first-order chi connectivity index (χ1) is 12.9. The summed E-state index contributed by atoms with van der Waals surface area (Å²) in [4.78, 5) is 12.2. The highest BCUT2D eigenvalue weighted by Crippen LogP contribution is 2.27. The lowest BCUT2D eigenvalue weighted by Crippen LogP contribution is -2.25. The van der Waals surface area contributed by atoms with Crippen molar-refractivity contribution in [1.29, 1.82) is 0 Å². The number of carbonyl (C=O) groups excluding carboxylic acids is 1. The minimum atomic E-state index is -0.266. The number of hydrogen-bond acceptors (Lipinski definition) is 4. The summed E-state index contributed by atoms with van der Waals surface area (Å²) in [5.74, 6) is 1.64. The summed E-state index contributed by atoms with van der Waals surface area (Å²) in [6, 6.07) is 0. The fourth-order valence-electron chi connectivity index (χ4n) is 3.05. The molecule has 0 aromatic rings. The average Bonchev–Trinajstić information content (AvgIpc) is 2.66. The lowest BCUT2D eigenvalue weighted by Gasteiger charge is -2.24. The molecule has 0 fully saturated rings. The predicted molar refractivity (Wildman–Crippen MR) is 110 cm³/mol. The maximum atomic E-state index is 12.2. The SMILES string of the molecule is CC1=CC=CCC1COC1=CC(C(=O)CN)CC(OCCC(C)=C(C)C)=C1. The van der Waals surface area contributed by atoms with Crippen LogP contribution in [0.4, 0.5) is 0 Å². The molecule has 0 aromatic heterocycles. The van der Waals surface area contributed by atoms with Gasteiger partial charge in [-0.3, -0.25) is 4.79 Å². The lowest BCUT2D eigenvalue weighted by molar-refractivity contribution is -0.120. The Labute approximate surface area is 163 Å². The van der Waals surface area contributed by atoms with E-state index in [9.17, 15) is 4.79 Å². The molecule has 0 aliphatic heterocycles. The zero-order chi connectivity index (χ0) is 19.8. The molecule has 0 saturated carbocycles. The van der Waals surface area contributed by atoms with Crippen molar-refractivity contribution in [2.24, 2.45) is 17.6 Å². The van der Waals surface area contributed by atoms with E-state index in [1.165, 1.54) is 16.7 Å². The predicted octanol–water partition coefficient (Wildman–Crippen LogP) is 4.60. The Balaban J connectivity index is 2.00. The topological polar surface area (TPSA) is 61.5 Å². The third-order valence-corrected chi connectivity index (χ3v) is 5.33. The van der Waals surface area contributed by atoms with E-state index >= 15 is 0 Å². The Morgan fingerprint density at radius 2 is 2.04 bits per heavy atom. The van der Waals surface area contributed by atoms with E-state index in [1.54, 1.807) is 0 Å². The molecule has 2 rings (SSSR count). The molecule has 2 N–H and O–H groups in total. The van der Waals surface area contributed by atoms with Crippen molar-refractivity contribution < 1.29 is 14.3 Å². The van der Waals surface area contributed by atoms with E-state index in [0.29, 0.717) is 31.3 Å². The van der Waals surface area contributed by atoms with Gasteiger partial charge in [-0.2, -0.15) is 0 Å². The van der Waals surface area contributed by atoms with Crippen LogP contribution in [0.3, 0.4) is 0 Å². The second-order valence-corrected chi connectivity index (χ2v) is 7.62. The van der Waals surface area contributed by atoms with Crippen LogP contribution < -0.4 is 5.73 Å². The molecule has 0 amide bonds. The van der Waals surface area contributed by atoms with Crippen LogP contribution in [0.5, 0.6) is 0 Å². The number of hydrogen-bond donors (Lipinski definition) is 1. The summed E-state index contributed by atoms with van der Waals surface area (Å²) >= 11 is 0. The minimum absolute atomic E-state index is 0.0162. The second-order valence-electron chi connectivity index (χ2n) is 7.62. The molecule has 0 bridgehead atoms. The van der Waals surface area contributed by atoms with Crippen LogP contribution in [-0.2, 0) is 14.3 Å². The highest BCUT2D eigenvalue weighted by molar-refractivity contribution is 5.85. The van der Waals surface area contributed by atoms with Gasteiger partial charge in [0.25, 0.3) is 0 Å². The summed E-state index contributed by atoms with van der Waals surface area (Å²) in [6.07, 6.45) is 12.6. The van der Waals surface area contributed by atoms with Crippen molar-refractivity contribution in [2.75, 3.05) is 19.8 Å². The van der Waals surface area contributed by atoms with Crippen LogP contribution in [-0.4, -0.2) is 25.5 Å². The molecule has 4 heteroatoms. The van der Waals surface area contributed by atoms with Gasteiger partial charge in [-0.05, 0) is 40.2 Å². The zero-order valence-corrected chi connectivity index (χ0v) is 17.1. The van der Waals surface area contributed by atoms with E-state index in [2.05, 4.69) is 45.9 Å². The van der Waals surface area contributed by atoms with Crippen LogP contribution in [0.15, 0.2) is 58.6 Å². The monoisotopic (exact) mass is 371 g/mol. The fourth-order valence-corrected chi connectivity index (χ4v) is 3.05. The van der Waals surface area contributed by atoms with Gasteiger partial charge in [-0.15, -0.1) is 0 Å². The maximum Gasteiger partial charge on any atom is 0.153 e. The first-order valence-corrected chi connectivity index (χ1v) is 9.77. The molecule has 148 valence electrons. The van der Waals surface area contributed by atoms with E-state index in [1.807, 2.05) is 12.2 Å². The highest BCUT2D eigenvalue weighted by Gasteiger charge is 2.23. The van der Waals surface area contributed by atoms with Gasteiger partial charge in [-0.1, -0.05) is 34.9 Å². The molecule has 2 aliphatic rings. The molecular formula is C23H33NO3. The Hall–Kier alpha value is -2.07. The van der Waals surface area contributed by atoms with Gasteiger partial charge in [0.1, 0.15) is 11.5 Å². The number of rotatable bonds is 9. The van der Waals surface area contributed by atoms with Gasteiger partial charge >= 0.3 is 0 Å². The number of ether oxygens (including phenoxy) is 2. The van der Waals surface area contributed by atoms with E-state index in [4.69, 9.17) is 15.2 Å². The normalized spacial score (nSPS) is 21.7. The molecule has 0 radical (unpaired) electrons. The Bertz CT molecular complexity index is 690. The maximum absolute atomic E-state index is 12.2. The highest BCUT2D eigenvalue weighted by atomic mass is 16.5. The van der Waals surface area contributed by atoms with Gasteiger partial charge in [0, 0.05) is 30.8 Å². The standard InChI is InChI=1S/C23H33NO3/c1-16(2)17(3)9-10-26-21-11-20(23(25)14-24)12-22(13-21)27-15-19-8-6-5-7-18(19)4/h5-7,12-13,19-20H,8-11,14-15,24H2,1-4H3. The van der Waals surface area contributed by atoms with Crippen molar-refractivity contribution in [3.63, 3.8) is 0 Å². The number of allylic oxidation sites excluding steroid dienone is 7. The van der Waals surface area contributed by atoms with Crippen LogP contribution in [0.25, 0.3) is 0 Å². The molecule has 2 atom stereocenters. The van der Waals surface area contributed by atoms with Crippen molar-refractivity contribution in [3.8, 4) is 0 Å². The van der Waals surface area contributed by atoms with Crippen molar-refractivity contribution in [3.05, 3.63) is 58.6 Å². The number of Topliss-reactive ketones (excluding diaryl/α,β-unsaturated/α-hetero) is 1. The quantitative estimate of drug-likeness (QED) is 0.602. The van der Waals surface area contributed by atoms with Crippen LogP contribution in [0.1, 0.15) is 47.0 Å². The van der Waals surface area contributed by atoms with Gasteiger partial charge in [0.2, 0.25) is 0 Å². The third kappa shape index (κ3) is 6.55. The Kier molecular flexibility index (Phi) is 8.11. The van der Waals surface area contributed by atoms with E-state index < -0.39 is 0 Å². The molecule has 0 heterocycles. The smallest absolute Gasteiger partial charge is 0.153 e. The van der Waals surface area contributed by atoms with Gasteiger partial charge in [-0.25, -0.2) is 0 Å². The first kappa shape index (κ1) is 21.2. The number of nitrogens with two attached hydrogens (primary N) is 1.